The molecule has 0 aliphatic carbocycles. The monoisotopic (exact) mass is 491 g/mol. The average Bonchev–Trinajstić information content (AvgIpc) is 3.46. The zero-order valence-electron chi connectivity index (χ0n) is 16.6. The first kappa shape index (κ1) is 19.0. The standard InChI is InChI=1S/C24H18BrN3O2S/c1-13-6-8-14(9-7-13)21-16-12-15(10-11-18(16)27-30-21)20-22-23(29)28(20)24(31-22)26-19-5-3-2-4-17(19)25/h2-12,20,22,24,26H,1H3. The number of rotatable bonds is 4. The molecule has 3 unspecified atom stereocenters. The molecule has 1 N–H and O–H groups in total. The van der Waals surface area contributed by atoms with Crippen molar-refractivity contribution in [1.29, 1.82) is 0 Å². The van der Waals surface area contributed by atoms with Crippen LogP contribution in [0, 0.1) is 6.92 Å². The number of nitrogens with one attached hydrogen (secondary N) is 1. The molecular formula is C24H18BrN3O2S. The Hall–Kier alpha value is -2.77. The molecule has 0 spiro atoms. The van der Waals surface area contributed by atoms with E-state index in [2.05, 4.69) is 69.7 Å². The summed E-state index contributed by atoms with van der Waals surface area (Å²) < 4.78 is 6.66. The molecule has 3 aliphatic heterocycles. The second-order valence-electron chi connectivity index (χ2n) is 7.88. The van der Waals surface area contributed by atoms with Gasteiger partial charge in [0, 0.05) is 10.0 Å². The highest BCUT2D eigenvalue weighted by molar-refractivity contribution is 9.10. The molecule has 4 aromatic rings. The van der Waals surface area contributed by atoms with Gasteiger partial charge in [0.2, 0.25) is 5.91 Å². The van der Waals surface area contributed by atoms with Crippen molar-refractivity contribution in [1.82, 2.24) is 10.1 Å². The van der Waals surface area contributed by atoms with Crippen molar-refractivity contribution in [3.63, 3.8) is 0 Å². The van der Waals surface area contributed by atoms with Crippen molar-refractivity contribution in [2.45, 2.75) is 23.7 Å². The van der Waals surface area contributed by atoms with Gasteiger partial charge in [-0.2, -0.15) is 0 Å². The van der Waals surface area contributed by atoms with E-state index in [9.17, 15) is 4.79 Å². The number of nitrogens with zero attached hydrogens (tertiary/aromatic N) is 2. The van der Waals surface area contributed by atoms with Crippen molar-refractivity contribution < 1.29 is 9.32 Å². The van der Waals surface area contributed by atoms with Gasteiger partial charge in [0.05, 0.1) is 17.1 Å². The minimum absolute atomic E-state index is 0.0441. The van der Waals surface area contributed by atoms with Crippen LogP contribution in [0.1, 0.15) is 17.2 Å². The number of β-lactam (4-membered cyclic amide) rings is 1. The molecule has 0 saturated carbocycles. The summed E-state index contributed by atoms with van der Waals surface area (Å²) in [6.45, 7) is 2.06. The largest absolute Gasteiger partial charge is 0.356 e. The van der Waals surface area contributed by atoms with Crippen LogP contribution in [0.25, 0.3) is 22.2 Å². The molecule has 7 rings (SSSR count). The van der Waals surface area contributed by atoms with Crippen LogP contribution in [0.3, 0.4) is 0 Å². The van der Waals surface area contributed by atoms with Crippen LogP contribution in [0.5, 0.6) is 0 Å². The summed E-state index contributed by atoms with van der Waals surface area (Å²) in [5, 5.41) is 8.63. The topological polar surface area (TPSA) is 58.4 Å². The lowest BCUT2D eigenvalue weighted by atomic mass is 9.92. The fourth-order valence-electron chi connectivity index (χ4n) is 4.29. The molecule has 7 heteroatoms. The predicted molar refractivity (Wildman–Crippen MR) is 127 cm³/mol. The van der Waals surface area contributed by atoms with Gasteiger partial charge in [0.25, 0.3) is 0 Å². The summed E-state index contributed by atoms with van der Waals surface area (Å²) in [6, 6.07) is 22.4. The Morgan fingerprint density at radius 1 is 1.10 bits per heavy atom. The third kappa shape index (κ3) is 2.98. The minimum Gasteiger partial charge on any atom is -0.356 e. The van der Waals surface area contributed by atoms with Crippen LogP contribution in [0.15, 0.2) is 75.7 Å². The maximum atomic E-state index is 12.6. The van der Waals surface area contributed by atoms with Crippen molar-refractivity contribution in [2.75, 3.05) is 5.32 Å². The number of halogens is 1. The summed E-state index contributed by atoms with van der Waals surface area (Å²) in [6.07, 6.45) is 0. The van der Waals surface area contributed by atoms with E-state index in [0.29, 0.717) is 0 Å². The summed E-state index contributed by atoms with van der Waals surface area (Å²) in [7, 11) is 0. The summed E-state index contributed by atoms with van der Waals surface area (Å²) in [4.78, 5) is 14.6. The molecule has 5 nitrogen and oxygen atoms in total. The molecule has 0 radical (unpaired) electrons. The van der Waals surface area contributed by atoms with E-state index in [1.54, 1.807) is 11.8 Å². The lowest BCUT2D eigenvalue weighted by molar-refractivity contribution is -0.142. The van der Waals surface area contributed by atoms with Crippen molar-refractivity contribution >= 4 is 50.2 Å². The number of thioether (sulfide) groups is 1. The van der Waals surface area contributed by atoms with Gasteiger partial charge in [-0.1, -0.05) is 64.9 Å². The van der Waals surface area contributed by atoms with Gasteiger partial charge in [-0.25, -0.2) is 0 Å². The number of carbonyl (C=O) groups excluding carboxylic acids is 1. The zero-order valence-corrected chi connectivity index (χ0v) is 19.0. The Labute approximate surface area is 191 Å². The molecular weight excluding hydrogens is 474 g/mol. The molecule has 4 heterocycles. The lowest BCUT2D eigenvalue weighted by Gasteiger charge is -2.39. The van der Waals surface area contributed by atoms with Crippen molar-refractivity contribution in [3.05, 3.63) is 82.3 Å². The van der Waals surface area contributed by atoms with Gasteiger partial charge in [0.1, 0.15) is 10.8 Å². The first-order chi connectivity index (χ1) is 15.1. The van der Waals surface area contributed by atoms with Crippen LogP contribution < -0.4 is 5.32 Å². The van der Waals surface area contributed by atoms with E-state index in [0.717, 1.165) is 38.0 Å². The first-order valence-corrected chi connectivity index (χ1v) is 11.8. The Morgan fingerprint density at radius 2 is 1.90 bits per heavy atom. The average molecular weight is 492 g/mol. The Morgan fingerprint density at radius 3 is 2.71 bits per heavy atom. The number of aromatic nitrogens is 1. The van der Waals surface area contributed by atoms with Crippen LogP contribution in [-0.4, -0.2) is 26.7 Å². The zero-order chi connectivity index (χ0) is 21.1. The minimum atomic E-state index is -0.0871. The van der Waals surface area contributed by atoms with Gasteiger partial charge in [-0.3, -0.25) is 4.79 Å². The smallest absolute Gasteiger partial charge is 0.241 e. The van der Waals surface area contributed by atoms with Gasteiger partial charge >= 0.3 is 0 Å². The van der Waals surface area contributed by atoms with E-state index in [1.807, 2.05) is 35.2 Å². The molecule has 1 aromatic heterocycles. The lowest BCUT2D eigenvalue weighted by Crippen LogP contribution is -2.53. The van der Waals surface area contributed by atoms with Crippen molar-refractivity contribution in [2.24, 2.45) is 0 Å². The second-order valence-corrected chi connectivity index (χ2v) is 9.96. The van der Waals surface area contributed by atoms with Crippen LogP contribution in [-0.2, 0) is 4.79 Å². The summed E-state index contributed by atoms with van der Waals surface area (Å²) >= 11 is 5.25. The number of anilines is 1. The van der Waals surface area contributed by atoms with Crippen LogP contribution >= 0.6 is 27.7 Å². The molecule has 154 valence electrons. The van der Waals surface area contributed by atoms with E-state index in [1.165, 1.54) is 5.56 Å². The van der Waals surface area contributed by atoms with E-state index < -0.39 is 0 Å². The first-order valence-electron chi connectivity index (χ1n) is 10.1. The molecule has 2 bridgehead atoms. The molecule has 3 aliphatic rings. The highest BCUT2D eigenvalue weighted by Gasteiger charge is 2.59. The number of hydrogen-bond acceptors (Lipinski definition) is 5. The molecule has 1 amide bonds. The molecule has 3 fully saturated rings. The van der Waals surface area contributed by atoms with Gasteiger partial charge in [-0.05, 0) is 52.7 Å². The van der Waals surface area contributed by atoms with Crippen LogP contribution in [0.2, 0.25) is 0 Å². The van der Waals surface area contributed by atoms with Crippen LogP contribution in [0.4, 0.5) is 5.69 Å². The molecule has 3 atom stereocenters. The summed E-state index contributed by atoms with van der Waals surface area (Å²) in [5.74, 6) is 0.948. The van der Waals surface area contributed by atoms with E-state index in [4.69, 9.17) is 4.52 Å². The second kappa shape index (κ2) is 7.14. The number of fused-ring (bicyclic) bond motifs is 2. The molecule has 31 heavy (non-hydrogen) atoms. The maximum Gasteiger partial charge on any atom is 0.241 e. The highest BCUT2D eigenvalue weighted by atomic mass is 79.9. The Balaban J connectivity index is 1.33. The highest BCUT2D eigenvalue weighted by Crippen LogP contribution is 2.54. The SMILES string of the molecule is Cc1ccc(-c2onc3ccc(C4C5SC(Nc6ccccc6Br)N4C5=O)cc23)cc1. The fraction of sp³-hybridized carbons (Fsp3) is 0.167. The number of para-hydroxylation sites is 1. The number of benzene rings is 3. The molecule has 3 saturated heterocycles. The quantitative estimate of drug-likeness (QED) is 0.357. The fourth-order valence-corrected chi connectivity index (χ4v) is 6.20. The van der Waals surface area contributed by atoms with Gasteiger partial charge in [0.15, 0.2) is 11.3 Å². The summed E-state index contributed by atoms with van der Waals surface area (Å²) in [5.41, 5.74) is 5.03. The van der Waals surface area contributed by atoms with Gasteiger partial charge < -0.3 is 14.7 Å². The Kier molecular flexibility index (Phi) is 4.36. The van der Waals surface area contributed by atoms with E-state index in [-0.39, 0.29) is 22.7 Å². The number of hydrogen-bond donors (Lipinski definition) is 1. The Bertz CT molecular complexity index is 1320. The number of aryl methyl sites for hydroxylation is 1. The number of carbonyl (C=O) groups is 1. The third-order valence-corrected chi connectivity index (χ3v) is 7.97. The molecule has 3 aromatic carbocycles. The number of amides is 1. The van der Waals surface area contributed by atoms with Crippen molar-refractivity contribution in [3.8, 4) is 11.3 Å². The predicted octanol–water partition coefficient (Wildman–Crippen LogP) is 5.96. The van der Waals surface area contributed by atoms with Gasteiger partial charge in [-0.15, -0.1) is 0 Å². The normalized spacial score (nSPS) is 22.1. The third-order valence-electron chi connectivity index (χ3n) is 5.92. The van der Waals surface area contributed by atoms with E-state index >= 15 is 0 Å². The maximum absolute atomic E-state index is 12.6.